The van der Waals surface area contributed by atoms with Crippen molar-refractivity contribution in [2.45, 2.75) is 41.5 Å². The first-order chi connectivity index (χ1) is 7.47. The first kappa shape index (κ1) is 16.5. The molecule has 0 atom stereocenters. The van der Waals surface area contributed by atoms with E-state index in [1.54, 1.807) is 11.3 Å². The summed E-state index contributed by atoms with van der Waals surface area (Å²) in [7, 11) is 0. The van der Waals surface area contributed by atoms with Gasteiger partial charge in [0.2, 0.25) is 0 Å². The van der Waals surface area contributed by atoms with Crippen molar-refractivity contribution in [3.8, 4) is 0 Å². The topological polar surface area (TPSA) is 12.9 Å². The van der Waals surface area contributed by atoms with Crippen LogP contribution < -0.4 is 0 Å². The Morgan fingerprint density at radius 1 is 0.867 bits per heavy atom. The summed E-state index contributed by atoms with van der Waals surface area (Å²) < 4.78 is 1.26. The van der Waals surface area contributed by atoms with E-state index in [1.807, 2.05) is 65.3 Å². The Morgan fingerprint density at radius 3 is 1.93 bits per heavy atom. The maximum Gasteiger partial charge on any atom is 0.0812 e. The molecule has 0 bridgehead atoms. The Kier molecular flexibility index (Phi) is 14.5. The molecule has 1 nitrogen and oxygen atoms in total. The highest BCUT2D eigenvalue weighted by molar-refractivity contribution is 7.16. The van der Waals surface area contributed by atoms with Crippen molar-refractivity contribution in [2.75, 3.05) is 0 Å². The zero-order valence-corrected chi connectivity index (χ0v) is 11.6. The summed E-state index contributed by atoms with van der Waals surface area (Å²) in [5.74, 6) is 0. The van der Waals surface area contributed by atoms with Crippen LogP contribution in [0.3, 0.4) is 0 Å². The first-order valence-electron chi connectivity index (χ1n) is 5.75. The van der Waals surface area contributed by atoms with Crippen LogP contribution in [-0.4, -0.2) is 4.98 Å². The van der Waals surface area contributed by atoms with Gasteiger partial charge in [-0.2, -0.15) is 0 Å². The van der Waals surface area contributed by atoms with Gasteiger partial charge in [-0.05, 0) is 12.1 Å². The Bertz CT molecular complexity index is 285. The molecule has 2 rings (SSSR count). The quantitative estimate of drug-likeness (QED) is 0.587. The van der Waals surface area contributed by atoms with Gasteiger partial charge in [-0.25, -0.2) is 4.98 Å². The minimum absolute atomic E-state index is 1.10. The van der Waals surface area contributed by atoms with E-state index in [1.165, 1.54) is 4.70 Å². The van der Waals surface area contributed by atoms with Crippen molar-refractivity contribution in [1.29, 1.82) is 0 Å². The molecule has 0 amide bonds. The molecule has 0 unspecified atom stereocenters. The Balaban J connectivity index is 0. The van der Waals surface area contributed by atoms with E-state index in [0.29, 0.717) is 0 Å². The third-order valence-electron chi connectivity index (χ3n) is 1.24. The lowest BCUT2D eigenvalue weighted by Gasteiger charge is -1.80. The molecule has 0 N–H and O–H groups in total. The minimum Gasteiger partial charge on any atom is -0.245 e. The maximum atomic E-state index is 4.14. The molecule has 0 aliphatic carbocycles. The second-order valence-electron chi connectivity index (χ2n) is 1.82. The Labute approximate surface area is 98.2 Å². The normalized spacial score (nSPS) is 7.33. The van der Waals surface area contributed by atoms with E-state index in [-0.39, 0.29) is 0 Å². The van der Waals surface area contributed by atoms with Gasteiger partial charge in [0.05, 0.1) is 15.7 Å². The molecule has 0 aliphatic rings. The predicted molar refractivity (Wildman–Crippen MR) is 73.7 cm³/mol. The summed E-state index contributed by atoms with van der Waals surface area (Å²) in [4.78, 5) is 4.14. The highest BCUT2D eigenvalue weighted by Gasteiger charge is 1.89. The molecule has 0 radical (unpaired) electrons. The smallest absolute Gasteiger partial charge is 0.0812 e. The fourth-order valence-corrected chi connectivity index (χ4v) is 1.48. The average Bonchev–Trinajstić information content (AvgIpc) is 2.85. The van der Waals surface area contributed by atoms with Crippen LogP contribution in [0.5, 0.6) is 0 Å². The standard InChI is InChI=1S/C7H5NS.3C2H6/c1-2-4-7-6(3-1)8-5-9-7;3*1-2/h1-5H;3*1-2H3. The summed E-state index contributed by atoms with van der Waals surface area (Å²) in [6, 6.07) is 8.13. The van der Waals surface area contributed by atoms with Gasteiger partial charge >= 0.3 is 0 Å². The highest BCUT2D eigenvalue weighted by atomic mass is 32.1. The molecule has 0 aliphatic heterocycles. The summed E-state index contributed by atoms with van der Waals surface area (Å²) in [6.07, 6.45) is 0. The van der Waals surface area contributed by atoms with Crippen LogP contribution >= 0.6 is 11.3 Å². The van der Waals surface area contributed by atoms with Gasteiger partial charge < -0.3 is 0 Å². The first-order valence-corrected chi connectivity index (χ1v) is 6.63. The van der Waals surface area contributed by atoms with E-state index in [0.717, 1.165) is 5.52 Å². The SMILES string of the molecule is CC.CC.CC.c1ccc2scnc2c1. The maximum absolute atomic E-state index is 4.14. The van der Waals surface area contributed by atoms with E-state index in [2.05, 4.69) is 11.1 Å². The second kappa shape index (κ2) is 13.1. The van der Waals surface area contributed by atoms with Crippen molar-refractivity contribution in [1.82, 2.24) is 4.98 Å². The van der Waals surface area contributed by atoms with E-state index >= 15 is 0 Å². The molecule has 86 valence electrons. The van der Waals surface area contributed by atoms with Crippen LogP contribution in [0.2, 0.25) is 0 Å². The molecule has 1 aromatic carbocycles. The van der Waals surface area contributed by atoms with Crippen LogP contribution in [-0.2, 0) is 0 Å². The second-order valence-corrected chi connectivity index (χ2v) is 2.71. The monoisotopic (exact) mass is 225 g/mol. The average molecular weight is 225 g/mol. The zero-order chi connectivity index (χ0) is 12.1. The number of nitrogens with zero attached hydrogens (tertiary/aromatic N) is 1. The lowest BCUT2D eigenvalue weighted by atomic mass is 10.3. The number of thiazole rings is 1. The number of para-hydroxylation sites is 1. The van der Waals surface area contributed by atoms with Gasteiger partial charge in [0.15, 0.2) is 0 Å². The summed E-state index contributed by atoms with van der Waals surface area (Å²) in [5.41, 5.74) is 2.97. The molecular formula is C13H23NS. The molecule has 1 heterocycles. The molecular weight excluding hydrogens is 202 g/mol. The van der Waals surface area contributed by atoms with Gasteiger partial charge in [0.1, 0.15) is 0 Å². The summed E-state index contributed by atoms with van der Waals surface area (Å²) in [6.45, 7) is 12.0. The van der Waals surface area contributed by atoms with E-state index in [4.69, 9.17) is 0 Å². The zero-order valence-electron chi connectivity index (χ0n) is 10.7. The van der Waals surface area contributed by atoms with Gasteiger partial charge in [0.25, 0.3) is 0 Å². The molecule has 2 aromatic rings. The Morgan fingerprint density at radius 2 is 1.40 bits per heavy atom. The van der Waals surface area contributed by atoms with Gasteiger partial charge in [0, 0.05) is 0 Å². The lowest BCUT2D eigenvalue weighted by Crippen LogP contribution is -1.61. The molecule has 2 heteroatoms. The number of aromatic nitrogens is 1. The third kappa shape index (κ3) is 6.24. The van der Waals surface area contributed by atoms with Gasteiger partial charge in [-0.1, -0.05) is 53.7 Å². The number of hydrogen-bond acceptors (Lipinski definition) is 2. The fraction of sp³-hybridized carbons (Fsp3) is 0.462. The highest BCUT2D eigenvalue weighted by Crippen LogP contribution is 2.15. The molecule has 0 fully saturated rings. The van der Waals surface area contributed by atoms with Crippen LogP contribution in [0.4, 0.5) is 0 Å². The summed E-state index contributed by atoms with van der Waals surface area (Å²) >= 11 is 1.68. The fourth-order valence-electron chi connectivity index (χ4n) is 0.803. The third-order valence-corrected chi connectivity index (χ3v) is 2.05. The minimum atomic E-state index is 1.10. The number of rotatable bonds is 0. The number of fused-ring (bicyclic) bond motifs is 1. The van der Waals surface area contributed by atoms with Crippen LogP contribution in [0, 0.1) is 0 Å². The van der Waals surface area contributed by atoms with Crippen molar-refractivity contribution >= 4 is 21.6 Å². The molecule has 15 heavy (non-hydrogen) atoms. The van der Waals surface area contributed by atoms with E-state index in [9.17, 15) is 0 Å². The van der Waals surface area contributed by atoms with Crippen LogP contribution in [0.1, 0.15) is 41.5 Å². The molecule has 0 saturated carbocycles. The largest absolute Gasteiger partial charge is 0.245 e. The lowest BCUT2D eigenvalue weighted by molar-refractivity contribution is 1.50. The predicted octanol–water partition coefficient (Wildman–Crippen LogP) is 5.37. The summed E-state index contributed by atoms with van der Waals surface area (Å²) in [5, 5.41) is 0. The van der Waals surface area contributed by atoms with Gasteiger partial charge in [-0.3, -0.25) is 0 Å². The van der Waals surface area contributed by atoms with Crippen molar-refractivity contribution in [3.05, 3.63) is 29.8 Å². The van der Waals surface area contributed by atoms with Crippen LogP contribution in [0.15, 0.2) is 29.8 Å². The molecule has 1 aromatic heterocycles. The molecule has 0 spiro atoms. The van der Waals surface area contributed by atoms with Crippen LogP contribution in [0.25, 0.3) is 10.2 Å². The van der Waals surface area contributed by atoms with Crippen molar-refractivity contribution in [2.24, 2.45) is 0 Å². The number of benzene rings is 1. The van der Waals surface area contributed by atoms with Crippen molar-refractivity contribution < 1.29 is 0 Å². The van der Waals surface area contributed by atoms with Gasteiger partial charge in [-0.15, -0.1) is 11.3 Å². The number of hydrogen-bond donors (Lipinski definition) is 0. The molecule has 0 saturated heterocycles. The Hall–Kier alpha value is -0.890. The van der Waals surface area contributed by atoms with Crippen molar-refractivity contribution in [3.63, 3.8) is 0 Å². The van der Waals surface area contributed by atoms with E-state index < -0.39 is 0 Å².